The van der Waals surface area contributed by atoms with Crippen LogP contribution in [0.1, 0.15) is 38.2 Å². The quantitative estimate of drug-likeness (QED) is 0.886. The average molecular weight is 261 g/mol. The van der Waals surface area contributed by atoms with Gasteiger partial charge >= 0.3 is 5.97 Å². The van der Waals surface area contributed by atoms with Crippen LogP contribution in [0.2, 0.25) is 0 Å². The van der Waals surface area contributed by atoms with Crippen LogP contribution in [0.5, 0.6) is 0 Å². The fourth-order valence-corrected chi connectivity index (χ4v) is 2.58. The first-order valence-corrected chi connectivity index (χ1v) is 7.00. The van der Waals surface area contributed by atoms with E-state index in [4.69, 9.17) is 5.11 Å². The standard InChI is InChI=1S/C16H23NO2/c1-16(2,15(18)19)9-11-17-10-8-14(12-17)13-6-4-3-5-7-13/h3-7,14H,8-12H2,1-2H3,(H,18,19). The van der Waals surface area contributed by atoms with Crippen LogP contribution in [0, 0.1) is 5.41 Å². The van der Waals surface area contributed by atoms with Gasteiger partial charge in [0, 0.05) is 6.54 Å². The van der Waals surface area contributed by atoms with E-state index in [0.717, 1.165) is 19.6 Å². The molecule has 0 amide bonds. The van der Waals surface area contributed by atoms with Crippen LogP contribution in [0.15, 0.2) is 30.3 Å². The number of hydrogen-bond acceptors (Lipinski definition) is 2. The first-order valence-electron chi connectivity index (χ1n) is 7.00. The van der Waals surface area contributed by atoms with Crippen molar-refractivity contribution in [1.29, 1.82) is 0 Å². The third-order valence-electron chi connectivity index (χ3n) is 4.18. The SMILES string of the molecule is CC(C)(CCN1CCC(c2ccccc2)C1)C(=O)O. The van der Waals surface area contributed by atoms with Gasteiger partial charge in [-0.2, -0.15) is 0 Å². The molecule has 1 aromatic rings. The maximum absolute atomic E-state index is 11.1. The molecule has 3 nitrogen and oxygen atoms in total. The zero-order valence-corrected chi connectivity index (χ0v) is 11.8. The molecule has 0 aromatic heterocycles. The van der Waals surface area contributed by atoms with Gasteiger partial charge in [0.05, 0.1) is 5.41 Å². The number of hydrogen-bond donors (Lipinski definition) is 1. The number of rotatable bonds is 5. The Kier molecular flexibility index (Phi) is 4.25. The Bertz CT molecular complexity index is 428. The molecule has 1 unspecified atom stereocenters. The van der Waals surface area contributed by atoms with Crippen LogP contribution < -0.4 is 0 Å². The predicted molar refractivity (Wildman–Crippen MR) is 76.3 cm³/mol. The molecule has 0 bridgehead atoms. The second-order valence-corrected chi connectivity index (χ2v) is 6.14. The molecule has 1 heterocycles. The topological polar surface area (TPSA) is 40.5 Å². The molecular weight excluding hydrogens is 238 g/mol. The van der Waals surface area contributed by atoms with E-state index in [1.54, 1.807) is 13.8 Å². The molecule has 1 aliphatic rings. The van der Waals surface area contributed by atoms with E-state index in [2.05, 4.69) is 29.2 Å². The van der Waals surface area contributed by atoms with Crippen molar-refractivity contribution in [2.45, 2.75) is 32.6 Å². The van der Waals surface area contributed by atoms with Crippen molar-refractivity contribution in [2.24, 2.45) is 5.41 Å². The average Bonchev–Trinajstić information content (AvgIpc) is 2.86. The summed E-state index contributed by atoms with van der Waals surface area (Å²) >= 11 is 0. The first-order chi connectivity index (χ1) is 8.99. The monoisotopic (exact) mass is 261 g/mol. The first kappa shape index (κ1) is 14.1. The number of carboxylic acids is 1. The van der Waals surface area contributed by atoms with Crippen LogP contribution in [0.25, 0.3) is 0 Å². The minimum absolute atomic E-state index is 0.606. The molecule has 0 radical (unpaired) electrons. The number of nitrogens with zero attached hydrogens (tertiary/aromatic N) is 1. The lowest BCUT2D eigenvalue weighted by Crippen LogP contribution is -2.31. The van der Waals surface area contributed by atoms with Gasteiger partial charge in [-0.3, -0.25) is 4.79 Å². The Labute approximate surface area is 115 Å². The molecule has 1 fully saturated rings. The summed E-state index contributed by atoms with van der Waals surface area (Å²) in [6, 6.07) is 10.6. The van der Waals surface area contributed by atoms with Gasteiger partial charge in [-0.05, 0) is 51.3 Å². The van der Waals surface area contributed by atoms with Gasteiger partial charge in [-0.25, -0.2) is 0 Å². The zero-order valence-electron chi connectivity index (χ0n) is 11.8. The fourth-order valence-electron chi connectivity index (χ4n) is 2.58. The number of likely N-dealkylation sites (tertiary alicyclic amines) is 1. The predicted octanol–water partition coefficient (Wildman–Crippen LogP) is 2.98. The van der Waals surface area contributed by atoms with Crippen molar-refractivity contribution in [1.82, 2.24) is 4.90 Å². The largest absolute Gasteiger partial charge is 0.481 e. The molecule has 0 spiro atoms. The summed E-state index contributed by atoms with van der Waals surface area (Å²) in [7, 11) is 0. The van der Waals surface area contributed by atoms with Crippen LogP contribution in [-0.4, -0.2) is 35.6 Å². The summed E-state index contributed by atoms with van der Waals surface area (Å²) < 4.78 is 0. The maximum atomic E-state index is 11.1. The minimum Gasteiger partial charge on any atom is -0.481 e. The van der Waals surface area contributed by atoms with Crippen LogP contribution in [-0.2, 0) is 4.79 Å². The van der Waals surface area contributed by atoms with Gasteiger partial charge in [0.2, 0.25) is 0 Å². The Morgan fingerprint density at radius 3 is 2.68 bits per heavy atom. The van der Waals surface area contributed by atoms with E-state index in [-0.39, 0.29) is 0 Å². The Balaban J connectivity index is 1.85. The van der Waals surface area contributed by atoms with Gasteiger partial charge in [-0.1, -0.05) is 30.3 Å². The smallest absolute Gasteiger partial charge is 0.309 e. The molecule has 0 saturated carbocycles. The summed E-state index contributed by atoms with van der Waals surface area (Å²) in [5, 5.41) is 9.13. The highest BCUT2D eigenvalue weighted by Crippen LogP contribution is 2.28. The molecule has 0 aliphatic carbocycles. The highest BCUT2D eigenvalue weighted by molar-refractivity contribution is 5.73. The van der Waals surface area contributed by atoms with Gasteiger partial charge < -0.3 is 10.0 Å². The van der Waals surface area contributed by atoms with E-state index in [1.807, 2.05) is 6.07 Å². The molecule has 1 N–H and O–H groups in total. The molecule has 3 heteroatoms. The summed E-state index contributed by atoms with van der Waals surface area (Å²) in [6.07, 6.45) is 1.89. The van der Waals surface area contributed by atoms with E-state index < -0.39 is 11.4 Å². The molecule has 1 atom stereocenters. The van der Waals surface area contributed by atoms with E-state index in [9.17, 15) is 4.79 Å². The molecule has 104 valence electrons. The molecule has 1 aliphatic heterocycles. The van der Waals surface area contributed by atoms with Crippen LogP contribution in [0.4, 0.5) is 0 Å². The summed E-state index contributed by atoms with van der Waals surface area (Å²) in [5.41, 5.74) is 0.785. The second kappa shape index (κ2) is 5.74. The second-order valence-electron chi connectivity index (χ2n) is 6.14. The van der Waals surface area contributed by atoms with Crippen LogP contribution in [0.3, 0.4) is 0 Å². The van der Waals surface area contributed by atoms with Crippen molar-refractivity contribution < 1.29 is 9.90 Å². The third kappa shape index (κ3) is 3.57. The van der Waals surface area contributed by atoms with Gasteiger partial charge in [0.15, 0.2) is 0 Å². The Morgan fingerprint density at radius 1 is 1.37 bits per heavy atom. The van der Waals surface area contributed by atoms with Crippen molar-refractivity contribution in [2.75, 3.05) is 19.6 Å². The van der Waals surface area contributed by atoms with E-state index in [1.165, 1.54) is 12.0 Å². The van der Waals surface area contributed by atoms with Crippen molar-refractivity contribution in [3.63, 3.8) is 0 Å². The molecular formula is C16H23NO2. The number of benzene rings is 1. The molecule has 2 rings (SSSR count). The lowest BCUT2D eigenvalue weighted by molar-refractivity contribution is -0.147. The summed E-state index contributed by atoms with van der Waals surface area (Å²) in [4.78, 5) is 13.5. The highest BCUT2D eigenvalue weighted by Gasteiger charge is 2.30. The number of aliphatic carboxylic acids is 1. The lowest BCUT2D eigenvalue weighted by Gasteiger charge is -2.23. The number of carbonyl (C=O) groups is 1. The van der Waals surface area contributed by atoms with Gasteiger partial charge in [0.25, 0.3) is 0 Å². The fraction of sp³-hybridized carbons (Fsp3) is 0.562. The highest BCUT2D eigenvalue weighted by atomic mass is 16.4. The lowest BCUT2D eigenvalue weighted by atomic mass is 9.89. The van der Waals surface area contributed by atoms with E-state index in [0.29, 0.717) is 12.3 Å². The normalized spacial score (nSPS) is 20.6. The van der Waals surface area contributed by atoms with Crippen molar-refractivity contribution in [3.8, 4) is 0 Å². The van der Waals surface area contributed by atoms with Crippen LogP contribution >= 0.6 is 0 Å². The van der Waals surface area contributed by atoms with Crippen molar-refractivity contribution in [3.05, 3.63) is 35.9 Å². The van der Waals surface area contributed by atoms with Gasteiger partial charge in [-0.15, -0.1) is 0 Å². The minimum atomic E-state index is -0.702. The summed E-state index contributed by atoms with van der Waals surface area (Å²) in [5.74, 6) is -0.0968. The van der Waals surface area contributed by atoms with Gasteiger partial charge in [0.1, 0.15) is 0 Å². The third-order valence-corrected chi connectivity index (χ3v) is 4.18. The Hall–Kier alpha value is -1.35. The molecule has 1 aromatic carbocycles. The molecule has 19 heavy (non-hydrogen) atoms. The molecule has 1 saturated heterocycles. The zero-order chi connectivity index (χ0) is 13.9. The Morgan fingerprint density at radius 2 is 2.05 bits per heavy atom. The summed E-state index contributed by atoms with van der Waals surface area (Å²) in [6.45, 7) is 6.62. The number of carboxylic acid groups (broad SMARTS) is 1. The van der Waals surface area contributed by atoms with Crippen molar-refractivity contribution >= 4 is 5.97 Å². The maximum Gasteiger partial charge on any atom is 0.309 e. The van der Waals surface area contributed by atoms with E-state index >= 15 is 0 Å².